The smallest absolute Gasteiger partial charge is 0.341 e. The molecule has 0 amide bonds. The molecule has 0 spiro atoms. The molecule has 1 heterocycles. The molecule has 104 valence electrons. The third kappa shape index (κ3) is 2.94. The molecule has 0 unspecified atom stereocenters. The molecule has 2 rings (SSSR count). The van der Waals surface area contributed by atoms with Crippen molar-refractivity contribution in [2.75, 3.05) is 0 Å². The average molecular weight is 357 g/mol. The molecule has 20 heavy (non-hydrogen) atoms. The van der Waals surface area contributed by atoms with Crippen LogP contribution >= 0.6 is 27.5 Å². The van der Waals surface area contributed by atoms with Crippen molar-refractivity contribution in [2.24, 2.45) is 0 Å². The number of nitrogens with zero attached hydrogens (tertiary/aromatic N) is 1. The van der Waals surface area contributed by atoms with Gasteiger partial charge in [-0.05, 0) is 36.8 Å². The minimum absolute atomic E-state index is 0.234. The highest BCUT2D eigenvalue weighted by atomic mass is 79.9. The quantitative estimate of drug-likeness (QED) is 0.918. The zero-order valence-corrected chi connectivity index (χ0v) is 12.9. The van der Waals surface area contributed by atoms with Crippen LogP contribution in [-0.2, 0) is 6.54 Å². The van der Waals surface area contributed by atoms with Crippen LogP contribution in [0, 0.1) is 6.92 Å². The maximum Gasteiger partial charge on any atom is 0.341 e. The summed E-state index contributed by atoms with van der Waals surface area (Å²) < 4.78 is 2.24. The summed E-state index contributed by atoms with van der Waals surface area (Å²) in [7, 11) is 0. The molecule has 2 aromatic rings. The molecule has 0 saturated carbocycles. The Kier molecular flexibility index (Phi) is 4.30. The first kappa shape index (κ1) is 14.8. The monoisotopic (exact) mass is 355 g/mol. The molecule has 0 bridgehead atoms. The van der Waals surface area contributed by atoms with Crippen LogP contribution in [0.25, 0.3) is 0 Å². The van der Waals surface area contributed by atoms with Gasteiger partial charge in [-0.25, -0.2) is 4.79 Å². The first-order valence-electron chi connectivity index (χ1n) is 5.78. The van der Waals surface area contributed by atoms with E-state index in [4.69, 9.17) is 16.7 Å². The highest BCUT2D eigenvalue weighted by Gasteiger charge is 2.13. The lowest BCUT2D eigenvalue weighted by Crippen LogP contribution is -2.28. The predicted octanol–water partition coefficient (Wildman–Crippen LogP) is 3.32. The van der Waals surface area contributed by atoms with Gasteiger partial charge in [-0.3, -0.25) is 4.79 Å². The molecule has 0 aliphatic heterocycles. The van der Waals surface area contributed by atoms with Crippen LogP contribution in [0.3, 0.4) is 0 Å². The lowest BCUT2D eigenvalue weighted by molar-refractivity contribution is 0.0694. The van der Waals surface area contributed by atoms with Crippen molar-refractivity contribution in [1.82, 2.24) is 4.57 Å². The second kappa shape index (κ2) is 5.81. The standard InChI is InChI=1S/C14H11BrClNO3/c1-8-2-5-11(14(19)20)13(18)17(8)7-9-3-4-10(15)6-12(9)16/h2-6H,7H2,1H3,(H,19,20). The summed E-state index contributed by atoms with van der Waals surface area (Å²) in [5, 5.41) is 9.51. The topological polar surface area (TPSA) is 59.3 Å². The molecule has 0 radical (unpaired) electrons. The number of aromatic carboxylic acids is 1. The number of carbonyl (C=O) groups is 1. The van der Waals surface area contributed by atoms with Gasteiger partial charge in [0, 0.05) is 15.2 Å². The normalized spacial score (nSPS) is 10.6. The Morgan fingerprint density at radius 1 is 1.35 bits per heavy atom. The van der Waals surface area contributed by atoms with E-state index in [2.05, 4.69) is 15.9 Å². The van der Waals surface area contributed by atoms with Crippen LogP contribution in [0.1, 0.15) is 21.6 Å². The molecule has 4 nitrogen and oxygen atoms in total. The number of hydrogen-bond donors (Lipinski definition) is 1. The second-order valence-corrected chi connectivity index (χ2v) is 5.64. The van der Waals surface area contributed by atoms with E-state index in [0.717, 1.165) is 10.0 Å². The zero-order valence-electron chi connectivity index (χ0n) is 10.6. The minimum Gasteiger partial charge on any atom is -0.477 e. The van der Waals surface area contributed by atoms with E-state index >= 15 is 0 Å². The number of hydrogen-bond acceptors (Lipinski definition) is 2. The van der Waals surface area contributed by atoms with Crippen LogP contribution in [0.5, 0.6) is 0 Å². The van der Waals surface area contributed by atoms with Gasteiger partial charge in [0.2, 0.25) is 0 Å². The van der Waals surface area contributed by atoms with E-state index in [1.54, 1.807) is 25.1 Å². The Morgan fingerprint density at radius 3 is 2.65 bits per heavy atom. The molecule has 1 aromatic carbocycles. The lowest BCUT2D eigenvalue weighted by atomic mass is 10.2. The van der Waals surface area contributed by atoms with Gasteiger partial charge in [0.15, 0.2) is 0 Å². The van der Waals surface area contributed by atoms with Crippen LogP contribution in [-0.4, -0.2) is 15.6 Å². The number of carboxylic acid groups (broad SMARTS) is 1. The molecule has 6 heteroatoms. The van der Waals surface area contributed by atoms with Gasteiger partial charge in [0.25, 0.3) is 5.56 Å². The molecule has 1 N–H and O–H groups in total. The van der Waals surface area contributed by atoms with Crippen LogP contribution in [0.4, 0.5) is 0 Å². The fraction of sp³-hybridized carbons (Fsp3) is 0.143. The van der Waals surface area contributed by atoms with Gasteiger partial charge in [0.05, 0.1) is 6.54 Å². The summed E-state index contributed by atoms with van der Waals surface area (Å²) in [6.45, 7) is 1.98. The van der Waals surface area contributed by atoms with Crippen molar-refractivity contribution >= 4 is 33.5 Å². The van der Waals surface area contributed by atoms with Gasteiger partial charge in [0.1, 0.15) is 5.56 Å². The van der Waals surface area contributed by atoms with Gasteiger partial charge in [-0.2, -0.15) is 0 Å². The van der Waals surface area contributed by atoms with E-state index in [1.807, 2.05) is 6.07 Å². The van der Waals surface area contributed by atoms with Gasteiger partial charge >= 0.3 is 5.97 Å². The number of rotatable bonds is 3. The number of pyridine rings is 1. The van der Waals surface area contributed by atoms with Crippen LogP contribution in [0.15, 0.2) is 39.6 Å². The van der Waals surface area contributed by atoms with Crippen molar-refractivity contribution in [2.45, 2.75) is 13.5 Å². The molecule has 1 aromatic heterocycles. The van der Waals surface area contributed by atoms with E-state index < -0.39 is 11.5 Å². The van der Waals surface area contributed by atoms with Crippen molar-refractivity contribution in [3.63, 3.8) is 0 Å². The largest absolute Gasteiger partial charge is 0.477 e. The third-order valence-corrected chi connectivity index (χ3v) is 3.81. The maximum atomic E-state index is 12.1. The zero-order chi connectivity index (χ0) is 14.9. The van der Waals surface area contributed by atoms with Crippen molar-refractivity contribution in [3.8, 4) is 0 Å². The highest BCUT2D eigenvalue weighted by molar-refractivity contribution is 9.10. The molecule has 0 aliphatic carbocycles. The summed E-state index contributed by atoms with van der Waals surface area (Å²) in [4.78, 5) is 23.1. The average Bonchev–Trinajstić information content (AvgIpc) is 2.36. The first-order valence-corrected chi connectivity index (χ1v) is 6.95. The summed E-state index contributed by atoms with van der Waals surface area (Å²) in [6.07, 6.45) is 0. The van der Waals surface area contributed by atoms with E-state index in [0.29, 0.717) is 10.7 Å². The Balaban J connectivity index is 2.51. The van der Waals surface area contributed by atoms with E-state index in [9.17, 15) is 9.59 Å². The fourth-order valence-corrected chi connectivity index (χ4v) is 2.58. The first-order chi connectivity index (χ1) is 9.40. The number of aromatic nitrogens is 1. The van der Waals surface area contributed by atoms with Crippen LogP contribution in [0.2, 0.25) is 5.02 Å². The summed E-state index contributed by atoms with van der Waals surface area (Å²) in [5.41, 5.74) is 0.655. The van der Waals surface area contributed by atoms with E-state index in [-0.39, 0.29) is 12.1 Å². The van der Waals surface area contributed by atoms with Gasteiger partial charge < -0.3 is 9.67 Å². The second-order valence-electron chi connectivity index (χ2n) is 4.32. The van der Waals surface area contributed by atoms with Crippen molar-refractivity contribution in [1.29, 1.82) is 0 Å². The van der Waals surface area contributed by atoms with E-state index in [1.165, 1.54) is 10.6 Å². The SMILES string of the molecule is Cc1ccc(C(=O)O)c(=O)n1Cc1ccc(Br)cc1Cl. The van der Waals surface area contributed by atoms with Crippen molar-refractivity contribution < 1.29 is 9.90 Å². The summed E-state index contributed by atoms with van der Waals surface area (Å²) >= 11 is 9.44. The number of carboxylic acids is 1. The Morgan fingerprint density at radius 2 is 2.05 bits per heavy atom. The molecule has 0 aliphatic rings. The van der Waals surface area contributed by atoms with Crippen LogP contribution < -0.4 is 5.56 Å². The third-order valence-electron chi connectivity index (χ3n) is 2.97. The highest BCUT2D eigenvalue weighted by Crippen LogP contribution is 2.22. The predicted molar refractivity (Wildman–Crippen MR) is 80.7 cm³/mol. The maximum absolute atomic E-state index is 12.1. The summed E-state index contributed by atoms with van der Waals surface area (Å²) in [6, 6.07) is 8.28. The van der Waals surface area contributed by atoms with Crippen molar-refractivity contribution in [3.05, 3.63) is 67.0 Å². The number of benzene rings is 1. The lowest BCUT2D eigenvalue weighted by Gasteiger charge is -2.12. The summed E-state index contributed by atoms with van der Waals surface area (Å²) in [5.74, 6) is -1.23. The molecule has 0 fully saturated rings. The molecular weight excluding hydrogens is 346 g/mol. The molecule has 0 atom stereocenters. The van der Waals surface area contributed by atoms with Gasteiger partial charge in [-0.15, -0.1) is 0 Å². The molecular formula is C14H11BrClNO3. The number of halogens is 2. The molecule has 0 saturated heterocycles. The van der Waals surface area contributed by atoms with Gasteiger partial charge in [-0.1, -0.05) is 33.6 Å². The number of aryl methyl sites for hydroxylation is 1. The Labute approximate surface area is 128 Å². The fourth-order valence-electron chi connectivity index (χ4n) is 1.85. The minimum atomic E-state index is -1.23. The Bertz CT molecular complexity index is 740. The Hall–Kier alpha value is -1.59.